The fourth-order valence-electron chi connectivity index (χ4n) is 5.07. The van der Waals surface area contributed by atoms with Gasteiger partial charge in [0.25, 0.3) is 0 Å². The molecule has 28 heavy (non-hydrogen) atoms. The van der Waals surface area contributed by atoms with E-state index >= 15 is 0 Å². The van der Waals surface area contributed by atoms with E-state index in [-0.39, 0.29) is 17.6 Å². The number of piperidine rings is 1. The fourth-order valence-corrected chi connectivity index (χ4v) is 5.07. The molecule has 2 aromatic rings. The van der Waals surface area contributed by atoms with E-state index in [4.69, 9.17) is 0 Å². The number of hydrogen-bond acceptors (Lipinski definition) is 2. The number of rotatable bonds is 4. The van der Waals surface area contributed by atoms with E-state index in [2.05, 4.69) is 41.0 Å². The van der Waals surface area contributed by atoms with Crippen molar-refractivity contribution in [2.45, 2.75) is 45.2 Å². The molecule has 2 saturated heterocycles. The van der Waals surface area contributed by atoms with E-state index in [9.17, 15) is 9.18 Å². The van der Waals surface area contributed by atoms with Gasteiger partial charge in [0.05, 0.1) is 0 Å². The van der Waals surface area contributed by atoms with Crippen molar-refractivity contribution in [1.82, 2.24) is 9.80 Å². The summed E-state index contributed by atoms with van der Waals surface area (Å²) >= 11 is 0. The lowest BCUT2D eigenvalue weighted by Crippen LogP contribution is -2.47. The first-order chi connectivity index (χ1) is 13.5. The summed E-state index contributed by atoms with van der Waals surface area (Å²) in [5.74, 6) is 0.720. The first-order valence-electron chi connectivity index (χ1n) is 10.4. The molecule has 0 radical (unpaired) electrons. The van der Waals surface area contributed by atoms with Crippen LogP contribution in [0.3, 0.4) is 0 Å². The number of hydrogen-bond donors (Lipinski definition) is 0. The van der Waals surface area contributed by atoms with Gasteiger partial charge in [0, 0.05) is 50.5 Å². The van der Waals surface area contributed by atoms with Crippen LogP contribution < -0.4 is 0 Å². The largest absolute Gasteiger partial charge is 0.339 e. The summed E-state index contributed by atoms with van der Waals surface area (Å²) in [6.45, 7) is 7.77. The number of halogens is 1. The van der Waals surface area contributed by atoms with Crippen LogP contribution in [0.15, 0.2) is 48.5 Å². The molecular weight excluding hydrogens is 351 g/mol. The maximum Gasteiger partial charge on any atom is 0.222 e. The molecular formula is C24H29FN2O. The number of fused-ring (bicyclic) bond motifs is 1. The van der Waals surface area contributed by atoms with Gasteiger partial charge in [-0.2, -0.15) is 0 Å². The first-order valence-corrected chi connectivity index (χ1v) is 10.4. The average molecular weight is 381 g/mol. The summed E-state index contributed by atoms with van der Waals surface area (Å²) in [6, 6.07) is 15.9. The molecule has 0 saturated carbocycles. The van der Waals surface area contributed by atoms with Gasteiger partial charge in [-0.05, 0) is 36.6 Å². The Bertz CT molecular complexity index is 835. The van der Waals surface area contributed by atoms with Crippen LogP contribution in [0.4, 0.5) is 4.39 Å². The van der Waals surface area contributed by atoms with Gasteiger partial charge >= 0.3 is 0 Å². The van der Waals surface area contributed by atoms with Gasteiger partial charge < -0.3 is 4.90 Å². The summed E-state index contributed by atoms with van der Waals surface area (Å²) in [6.07, 6.45) is 1.56. The second kappa shape index (κ2) is 8.04. The van der Waals surface area contributed by atoms with Gasteiger partial charge in [0.2, 0.25) is 5.91 Å². The third kappa shape index (κ3) is 3.83. The van der Waals surface area contributed by atoms with Crippen LogP contribution >= 0.6 is 0 Å². The molecule has 2 heterocycles. The lowest BCUT2D eigenvalue weighted by Gasteiger charge is -2.39. The second-order valence-electron chi connectivity index (χ2n) is 8.30. The van der Waals surface area contributed by atoms with Gasteiger partial charge in [-0.1, -0.05) is 48.9 Å². The maximum absolute atomic E-state index is 13.4. The summed E-state index contributed by atoms with van der Waals surface area (Å²) in [5, 5.41) is 0. The van der Waals surface area contributed by atoms with Crippen LogP contribution in [0.5, 0.6) is 0 Å². The van der Waals surface area contributed by atoms with E-state index in [1.807, 2.05) is 19.1 Å². The highest BCUT2D eigenvalue weighted by Gasteiger charge is 2.46. The van der Waals surface area contributed by atoms with Gasteiger partial charge in [0.15, 0.2) is 0 Å². The van der Waals surface area contributed by atoms with E-state index in [0.29, 0.717) is 18.4 Å². The highest BCUT2D eigenvalue weighted by atomic mass is 19.1. The van der Waals surface area contributed by atoms with Crippen LogP contribution in [-0.4, -0.2) is 41.4 Å². The lowest BCUT2D eigenvalue weighted by atomic mass is 9.81. The van der Waals surface area contributed by atoms with Crippen molar-refractivity contribution in [3.63, 3.8) is 0 Å². The number of nitrogens with zero attached hydrogens (tertiary/aromatic N) is 2. The monoisotopic (exact) mass is 380 g/mol. The van der Waals surface area contributed by atoms with Crippen molar-refractivity contribution in [2.75, 3.05) is 19.6 Å². The predicted molar refractivity (Wildman–Crippen MR) is 109 cm³/mol. The maximum atomic E-state index is 13.4. The number of likely N-dealkylation sites (tertiary alicyclic amines) is 2. The normalized spacial score (nSPS) is 25.0. The third-order valence-electron chi connectivity index (χ3n) is 6.42. The van der Waals surface area contributed by atoms with Gasteiger partial charge in [-0.15, -0.1) is 0 Å². The van der Waals surface area contributed by atoms with Crippen molar-refractivity contribution in [2.24, 2.45) is 5.92 Å². The Morgan fingerprint density at radius 2 is 1.93 bits per heavy atom. The Labute approximate surface area is 167 Å². The SMILES string of the molecule is CCC(=O)N1C[C@H](c2ccc(F)cc2)[C@H]2CN(Cc3cccc(C)c3)CC[C@H]21. The molecule has 148 valence electrons. The highest BCUT2D eigenvalue weighted by Crippen LogP contribution is 2.42. The summed E-state index contributed by atoms with van der Waals surface area (Å²) < 4.78 is 13.4. The van der Waals surface area contributed by atoms with Crippen LogP contribution in [0.2, 0.25) is 0 Å². The molecule has 0 bridgehead atoms. The minimum Gasteiger partial charge on any atom is -0.339 e. The van der Waals surface area contributed by atoms with Gasteiger partial charge in [-0.25, -0.2) is 4.39 Å². The van der Waals surface area contributed by atoms with Gasteiger partial charge in [0.1, 0.15) is 5.82 Å². The summed E-state index contributed by atoms with van der Waals surface area (Å²) in [5.41, 5.74) is 3.79. The van der Waals surface area contributed by atoms with E-state index in [0.717, 1.165) is 38.2 Å². The van der Waals surface area contributed by atoms with Crippen molar-refractivity contribution >= 4 is 5.91 Å². The average Bonchev–Trinajstić information content (AvgIpc) is 3.07. The Balaban J connectivity index is 1.56. The topological polar surface area (TPSA) is 23.6 Å². The number of benzene rings is 2. The van der Waals surface area contributed by atoms with Crippen molar-refractivity contribution in [1.29, 1.82) is 0 Å². The molecule has 0 aliphatic carbocycles. The van der Waals surface area contributed by atoms with Gasteiger partial charge in [-0.3, -0.25) is 9.69 Å². The third-order valence-corrected chi connectivity index (χ3v) is 6.42. The molecule has 2 aliphatic rings. The molecule has 0 spiro atoms. The van der Waals surface area contributed by atoms with Crippen molar-refractivity contribution in [3.8, 4) is 0 Å². The van der Waals surface area contributed by atoms with Crippen molar-refractivity contribution < 1.29 is 9.18 Å². The fraction of sp³-hybridized carbons (Fsp3) is 0.458. The Morgan fingerprint density at radius 1 is 1.14 bits per heavy atom. The lowest BCUT2D eigenvalue weighted by molar-refractivity contribution is -0.132. The van der Waals surface area contributed by atoms with Crippen LogP contribution in [-0.2, 0) is 11.3 Å². The molecule has 0 N–H and O–H groups in total. The number of amides is 1. The van der Waals surface area contributed by atoms with E-state index in [1.54, 1.807) is 12.1 Å². The zero-order valence-electron chi connectivity index (χ0n) is 16.8. The van der Waals surface area contributed by atoms with Crippen LogP contribution in [0.1, 0.15) is 42.4 Å². The quantitative estimate of drug-likeness (QED) is 0.787. The van der Waals surface area contributed by atoms with Crippen LogP contribution in [0.25, 0.3) is 0 Å². The molecule has 2 fully saturated rings. The summed E-state index contributed by atoms with van der Waals surface area (Å²) in [4.78, 5) is 17.2. The van der Waals surface area contributed by atoms with Crippen LogP contribution in [0, 0.1) is 18.7 Å². The minimum absolute atomic E-state index is 0.204. The molecule has 2 aliphatic heterocycles. The Morgan fingerprint density at radius 3 is 2.64 bits per heavy atom. The standard InChI is InChI=1S/C24H29FN2O/c1-3-24(28)27-16-21(19-7-9-20(25)10-8-19)22-15-26(12-11-23(22)27)14-18-6-4-5-17(2)13-18/h4-10,13,21-23H,3,11-12,14-16H2,1-2H3/t21-,22-,23-/m1/s1. The Kier molecular flexibility index (Phi) is 5.49. The zero-order chi connectivity index (χ0) is 19.7. The molecule has 2 aromatic carbocycles. The smallest absolute Gasteiger partial charge is 0.222 e. The molecule has 4 heteroatoms. The number of aryl methyl sites for hydroxylation is 1. The molecule has 0 aromatic heterocycles. The molecule has 0 unspecified atom stereocenters. The molecule has 3 nitrogen and oxygen atoms in total. The van der Waals surface area contributed by atoms with E-state index < -0.39 is 0 Å². The highest BCUT2D eigenvalue weighted by molar-refractivity contribution is 5.76. The summed E-state index contributed by atoms with van der Waals surface area (Å²) in [7, 11) is 0. The zero-order valence-corrected chi connectivity index (χ0v) is 16.8. The van der Waals surface area contributed by atoms with Crippen molar-refractivity contribution in [3.05, 3.63) is 71.0 Å². The van der Waals surface area contributed by atoms with E-state index in [1.165, 1.54) is 11.1 Å². The predicted octanol–water partition coefficient (Wildman–Crippen LogP) is 4.36. The molecule has 3 atom stereocenters. The number of carbonyl (C=O) groups is 1. The second-order valence-corrected chi connectivity index (χ2v) is 8.30. The first kappa shape index (κ1) is 19.1. The minimum atomic E-state index is -0.204. The number of carbonyl (C=O) groups excluding carboxylic acids is 1. The molecule has 1 amide bonds. The molecule has 4 rings (SSSR count). The Hall–Kier alpha value is -2.20.